The first-order chi connectivity index (χ1) is 17.0. The number of nitrogens with zero attached hydrogens (tertiary/aromatic N) is 2. The third-order valence-corrected chi connectivity index (χ3v) is 7.86. The zero-order valence-corrected chi connectivity index (χ0v) is 21.8. The van der Waals surface area contributed by atoms with E-state index in [1.54, 1.807) is 0 Å². The molecule has 3 aromatic carbocycles. The van der Waals surface area contributed by atoms with Crippen molar-refractivity contribution < 1.29 is 27.1 Å². The van der Waals surface area contributed by atoms with Gasteiger partial charge in [0.05, 0.1) is 16.4 Å². The van der Waals surface area contributed by atoms with Crippen molar-refractivity contribution in [2.24, 2.45) is 0 Å². The third kappa shape index (κ3) is 5.66. The van der Waals surface area contributed by atoms with Gasteiger partial charge in [0, 0.05) is 16.1 Å². The second-order valence-electron chi connectivity index (χ2n) is 7.71. The van der Waals surface area contributed by atoms with Gasteiger partial charge in [-0.15, -0.1) is 0 Å². The molecule has 9 nitrogen and oxygen atoms in total. The van der Waals surface area contributed by atoms with E-state index in [1.165, 1.54) is 49.4 Å². The van der Waals surface area contributed by atoms with Gasteiger partial charge in [-0.25, -0.2) is 0 Å². The summed E-state index contributed by atoms with van der Waals surface area (Å²) in [6.45, 7) is 1.65. The molecule has 36 heavy (non-hydrogen) atoms. The van der Waals surface area contributed by atoms with Crippen LogP contribution in [0.4, 0.5) is 10.5 Å². The summed E-state index contributed by atoms with van der Waals surface area (Å²) >= 11 is 4.17. The first-order valence-electron chi connectivity index (χ1n) is 10.3. The molecule has 0 radical (unpaired) electrons. The number of carbonyl (C=O) groups is 2. The fourth-order valence-electron chi connectivity index (χ4n) is 3.30. The van der Waals surface area contributed by atoms with Crippen LogP contribution >= 0.6 is 27.7 Å². The van der Waals surface area contributed by atoms with Crippen LogP contribution in [0.5, 0.6) is 5.75 Å². The molecule has 0 unspecified atom stereocenters. The maximum Gasteiger partial charge on any atom is 0.339 e. The molecule has 1 aliphatic heterocycles. The summed E-state index contributed by atoms with van der Waals surface area (Å²) < 4.78 is 31.2. The Morgan fingerprint density at radius 3 is 2.36 bits per heavy atom. The van der Waals surface area contributed by atoms with Crippen molar-refractivity contribution in [3.63, 3.8) is 0 Å². The summed E-state index contributed by atoms with van der Waals surface area (Å²) in [5, 5.41) is 10.7. The highest BCUT2D eigenvalue weighted by Crippen LogP contribution is 2.34. The van der Waals surface area contributed by atoms with Gasteiger partial charge < -0.3 is 4.18 Å². The standard InChI is InChI=1S/C24H17BrN2O7S2/c1-15-2-11-20(13-21(15)27(30)31)36(32,33)34-19-9-5-16(6-10-19)12-22-23(28)26(24(29)35-22)14-17-3-7-18(25)8-4-17/h2-13H,14H2,1H3/b22-12-. The fourth-order valence-corrected chi connectivity index (χ4v) is 5.35. The number of benzene rings is 3. The number of hydrogen-bond donors (Lipinski definition) is 0. The number of rotatable bonds is 7. The topological polar surface area (TPSA) is 124 Å². The van der Waals surface area contributed by atoms with Gasteiger partial charge in [-0.05, 0) is 66.2 Å². The van der Waals surface area contributed by atoms with Crippen LogP contribution in [0.2, 0.25) is 0 Å². The third-order valence-electron chi connectivity index (χ3n) is 5.18. The Kier molecular flexibility index (Phi) is 7.29. The SMILES string of the molecule is Cc1ccc(S(=O)(=O)Oc2ccc(/C=C3\SC(=O)N(Cc4ccc(Br)cc4)C3=O)cc2)cc1[N+](=O)[O-]. The van der Waals surface area contributed by atoms with E-state index in [0.29, 0.717) is 11.1 Å². The molecule has 184 valence electrons. The molecule has 0 N–H and O–H groups in total. The average molecular weight is 589 g/mol. The number of carbonyl (C=O) groups excluding carboxylic acids is 2. The average Bonchev–Trinajstić information content (AvgIpc) is 3.08. The normalized spacial score (nSPS) is 14.9. The smallest absolute Gasteiger partial charge is 0.339 e. The first kappa shape index (κ1) is 25.6. The van der Waals surface area contributed by atoms with Gasteiger partial charge in [0.15, 0.2) is 0 Å². The molecule has 1 fully saturated rings. The summed E-state index contributed by atoms with van der Waals surface area (Å²) in [6, 6.07) is 16.6. The van der Waals surface area contributed by atoms with Crippen LogP contribution in [0.1, 0.15) is 16.7 Å². The predicted molar refractivity (Wildman–Crippen MR) is 138 cm³/mol. The lowest BCUT2D eigenvalue weighted by Crippen LogP contribution is -2.27. The Balaban J connectivity index is 1.48. The number of halogens is 1. The minimum absolute atomic E-state index is 0.0151. The lowest BCUT2D eigenvalue weighted by molar-refractivity contribution is -0.385. The Bertz CT molecular complexity index is 1500. The molecule has 0 atom stereocenters. The van der Waals surface area contributed by atoms with Crippen LogP contribution in [0.3, 0.4) is 0 Å². The van der Waals surface area contributed by atoms with Crippen molar-refractivity contribution in [1.29, 1.82) is 0 Å². The lowest BCUT2D eigenvalue weighted by Gasteiger charge is -2.12. The molecular weight excluding hydrogens is 572 g/mol. The maximum atomic E-state index is 12.8. The highest BCUT2D eigenvalue weighted by atomic mass is 79.9. The number of thioether (sulfide) groups is 1. The lowest BCUT2D eigenvalue weighted by atomic mass is 10.2. The molecule has 12 heteroatoms. The molecular formula is C24H17BrN2O7S2. The van der Waals surface area contributed by atoms with Crippen molar-refractivity contribution in [2.45, 2.75) is 18.4 Å². The van der Waals surface area contributed by atoms with Crippen LogP contribution in [-0.4, -0.2) is 29.4 Å². The minimum Gasteiger partial charge on any atom is -0.379 e. The molecule has 1 aliphatic rings. The largest absolute Gasteiger partial charge is 0.379 e. The van der Waals surface area contributed by atoms with E-state index in [1.807, 2.05) is 24.3 Å². The zero-order chi connectivity index (χ0) is 26.0. The van der Waals surface area contributed by atoms with Crippen LogP contribution in [0.15, 0.2) is 81.0 Å². The Hall–Kier alpha value is -3.48. The second-order valence-corrected chi connectivity index (χ2v) is 11.2. The Morgan fingerprint density at radius 1 is 1.06 bits per heavy atom. The molecule has 2 amide bonds. The number of nitro groups is 1. The highest BCUT2D eigenvalue weighted by Gasteiger charge is 2.35. The van der Waals surface area contributed by atoms with Gasteiger partial charge in [0.1, 0.15) is 10.6 Å². The molecule has 4 rings (SSSR count). The fraction of sp³-hybridized carbons (Fsp3) is 0.0833. The van der Waals surface area contributed by atoms with Crippen LogP contribution in [0.25, 0.3) is 6.08 Å². The van der Waals surface area contributed by atoms with Crippen molar-refractivity contribution in [1.82, 2.24) is 4.90 Å². The van der Waals surface area contributed by atoms with E-state index in [-0.39, 0.29) is 33.0 Å². The van der Waals surface area contributed by atoms with E-state index >= 15 is 0 Å². The number of nitro benzene ring substituents is 1. The van der Waals surface area contributed by atoms with Crippen LogP contribution in [0, 0.1) is 17.0 Å². The van der Waals surface area contributed by atoms with Gasteiger partial charge in [0.2, 0.25) is 0 Å². The van der Waals surface area contributed by atoms with Gasteiger partial charge in [0.25, 0.3) is 16.8 Å². The van der Waals surface area contributed by atoms with Crippen molar-refractivity contribution >= 4 is 60.7 Å². The molecule has 1 heterocycles. The second kappa shape index (κ2) is 10.2. The summed E-state index contributed by atoms with van der Waals surface area (Å²) in [7, 11) is -4.31. The zero-order valence-electron chi connectivity index (χ0n) is 18.6. The van der Waals surface area contributed by atoms with E-state index in [2.05, 4.69) is 15.9 Å². The Labute approximate surface area is 219 Å². The minimum atomic E-state index is -4.31. The summed E-state index contributed by atoms with van der Waals surface area (Å²) in [5.41, 5.74) is 1.36. The number of imide groups is 1. The highest BCUT2D eigenvalue weighted by molar-refractivity contribution is 9.10. The monoisotopic (exact) mass is 588 g/mol. The van der Waals surface area contributed by atoms with Crippen molar-refractivity contribution in [3.05, 3.63) is 103 Å². The first-order valence-corrected chi connectivity index (χ1v) is 13.3. The number of amides is 2. The van der Waals surface area contributed by atoms with Gasteiger partial charge in [-0.2, -0.15) is 8.42 Å². The summed E-state index contributed by atoms with van der Waals surface area (Å²) in [4.78, 5) is 36.6. The Morgan fingerprint density at radius 2 is 1.72 bits per heavy atom. The quantitative estimate of drug-likeness (QED) is 0.150. The van der Waals surface area contributed by atoms with E-state index < -0.39 is 20.9 Å². The summed E-state index contributed by atoms with van der Waals surface area (Å²) in [5.74, 6) is -0.435. The number of aryl methyl sites for hydroxylation is 1. The molecule has 0 aliphatic carbocycles. The van der Waals surface area contributed by atoms with Crippen LogP contribution in [-0.2, 0) is 21.5 Å². The van der Waals surface area contributed by atoms with Gasteiger partial charge >= 0.3 is 10.1 Å². The molecule has 0 spiro atoms. The molecule has 0 bridgehead atoms. The van der Waals surface area contributed by atoms with E-state index in [4.69, 9.17) is 4.18 Å². The predicted octanol–water partition coefficient (Wildman–Crippen LogP) is 5.67. The van der Waals surface area contributed by atoms with Gasteiger partial charge in [-0.1, -0.05) is 46.3 Å². The molecule has 0 saturated carbocycles. The maximum absolute atomic E-state index is 12.8. The molecule has 0 aromatic heterocycles. The number of hydrogen-bond acceptors (Lipinski definition) is 8. The van der Waals surface area contributed by atoms with E-state index in [9.17, 15) is 28.1 Å². The van der Waals surface area contributed by atoms with Gasteiger partial charge in [-0.3, -0.25) is 24.6 Å². The van der Waals surface area contributed by atoms with Crippen molar-refractivity contribution in [2.75, 3.05) is 0 Å². The van der Waals surface area contributed by atoms with E-state index in [0.717, 1.165) is 32.8 Å². The van der Waals surface area contributed by atoms with Crippen molar-refractivity contribution in [3.8, 4) is 5.75 Å². The molecule has 1 saturated heterocycles. The molecule has 3 aromatic rings. The summed E-state index contributed by atoms with van der Waals surface area (Å²) in [6.07, 6.45) is 1.54. The van der Waals surface area contributed by atoms with Crippen LogP contribution < -0.4 is 4.18 Å².